The first-order chi connectivity index (χ1) is 13.9. The number of ether oxygens (including phenoxy) is 2. The van der Waals surface area contributed by atoms with Crippen LogP contribution in [-0.2, 0) is 14.3 Å². The van der Waals surface area contributed by atoms with Crippen LogP contribution in [0.5, 0.6) is 5.75 Å². The highest BCUT2D eigenvalue weighted by Crippen LogP contribution is 2.36. The number of carbonyl (C=O) groups excluding carboxylic acids is 2. The van der Waals surface area contributed by atoms with E-state index in [9.17, 15) is 9.59 Å². The number of cyclic esters (lactones) is 1. The standard InChI is InChI=1S/C22H13Br2NO4/c1-12(26)28-20-17(23)8-13(9-18(20)24)10-19-22(27)29-21(25-19)16-7-6-14-4-2-3-5-15(14)11-16/h2-11H,1H3/b19-10-. The molecule has 0 saturated heterocycles. The van der Waals surface area contributed by atoms with Crippen LogP contribution in [0.25, 0.3) is 16.8 Å². The number of hydrogen-bond donors (Lipinski definition) is 0. The molecule has 0 aliphatic carbocycles. The molecule has 0 fully saturated rings. The van der Waals surface area contributed by atoms with Crippen LogP contribution in [0.3, 0.4) is 0 Å². The summed E-state index contributed by atoms with van der Waals surface area (Å²) in [6, 6.07) is 17.2. The van der Waals surface area contributed by atoms with Crippen LogP contribution in [0.15, 0.2) is 74.2 Å². The van der Waals surface area contributed by atoms with Gasteiger partial charge in [0, 0.05) is 12.5 Å². The van der Waals surface area contributed by atoms with Gasteiger partial charge in [0.15, 0.2) is 11.4 Å². The Bertz CT molecular complexity index is 1210. The first-order valence-electron chi connectivity index (χ1n) is 8.60. The van der Waals surface area contributed by atoms with E-state index in [2.05, 4.69) is 36.9 Å². The van der Waals surface area contributed by atoms with Crippen molar-refractivity contribution in [3.8, 4) is 5.75 Å². The van der Waals surface area contributed by atoms with Gasteiger partial charge in [-0.3, -0.25) is 4.79 Å². The van der Waals surface area contributed by atoms with Crippen molar-refractivity contribution in [3.63, 3.8) is 0 Å². The molecule has 0 amide bonds. The van der Waals surface area contributed by atoms with Crippen LogP contribution >= 0.6 is 31.9 Å². The number of esters is 2. The first-order valence-corrected chi connectivity index (χ1v) is 10.2. The Morgan fingerprint density at radius 3 is 2.41 bits per heavy atom. The van der Waals surface area contributed by atoms with E-state index in [0.29, 0.717) is 20.3 Å². The maximum atomic E-state index is 12.3. The van der Waals surface area contributed by atoms with Crippen molar-refractivity contribution in [2.75, 3.05) is 0 Å². The largest absolute Gasteiger partial charge is 0.424 e. The average Bonchev–Trinajstić information content (AvgIpc) is 3.04. The second-order valence-corrected chi connectivity index (χ2v) is 8.01. The predicted octanol–water partition coefficient (Wildman–Crippen LogP) is 5.63. The maximum Gasteiger partial charge on any atom is 0.363 e. The molecule has 0 unspecified atom stereocenters. The molecule has 5 nitrogen and oxygen atoms in total. The lowest BCUT2D eigenvalue weighted by atomic mass is 10.1. The van der Waals surface area contributed by atoms with Crippen LogP contribution < -0.4 is 4.74 Å². The predicted molar refractivity (Wildman–Crippen MR) is 118 cm³/mol. The Morgan fingerprint density at radius 2 is 1.72 bits per heavy atom. The molecule has 0 N–H and O–H groups in total. The van der Waals surface area contributed by atoms with E-state index in [-0.39, 0.29) is 11.6 Å². The number of benzene rings is 3. The van der Waals surface area contributed by atoms with Gasteiger partial charge < -0.3 is 9.47 Å². The summed E-state index contributed by atoms with van der Waals surface area (Å²) in [5, 5.41) is 2.13. The smallest absolute Gasteiger partial charge is 0.363 e. The van der Waals surface area contributed by atoms with Crippen molar-refractivity contribution in [2.45, 2.75) is 6.92 Å². The molecule has 1 heterocycles. The van der Waals surface area contributed by atoms with Gasteiger partial charge in [-0.1, -0.05) is 30.3 Å². The van der Waals surface area contributed by atoms with Crippen molar-refractivity contribution < 1.29 is 19.1 Å². The lowest BCUT2D eigenvalue weighted by Crippen LogP contribution is -2.05. The molecular formula is C22H13Br2NO4. The zero-order valence-electron chi connectivity index (χ0n) is 15.1. The van der Waals surface area contributed by atoms with Gasteiger partial charge in [-0.15, -0.1) is 0 Å². The Kier molecular flexibility index (Phi) is 5.34. The Morgan fingerprint density at radius 1 is 1.03 bits per heavy atom. The molecule has 0 radical (unpaired) electrons. The summed E-state index contributed by atoms with van der Waals surface area (Å²) in [6.07, 6.45) is 1.61. The van der Waals surface area contributed by atoms with Gasteiger partial charge in [-0.2, -0.15) is 0 Å². The lowest BCUT2D eigenvalue weighted by molar-refractivity contribution is -0.132. The minimum atomic E-state index is -0.524. The fourth-order valence-corrected chi connectivity index (χ4v) is 4.30. The molecular weight excluding hydrogens is 502 g/mol. The summed E-state index contributed by atoms with van der Waals surface area (Å²) < 4.78 is 11.7. The summed E-state index contributed by atoms with van der Waals surface area (Å²) in [5.74, 6) is -0.318. The summed E-state index contributed by atoms with van der Waals surface area (Å²) in [5.41, 5.74) is 1.61. The van der Waals surface area contributed by atoms with Gasteiger partial charge >= 0.3 is 11.9 Å². The Balaban J connectivity index is 1.68. The molecule has 1 aliphatic rings. The van der Waals surface area contributed by atoms with Crippen LogP contribution in [0.1, 0.15) is 18.1 Å². The fourth-order valence-electron chi connectivity index (χ4n) is 2.92. The molecule has 0 bridgehead atoms. The topological polar surface area (TPSA) is 65.0 Å². The SMILES string of the molecule is CC(=O)Oc1c(Br)cc(/C=C2\N=C(c3ccc4ccccc4c3)OC2=O)cc1Br. The summed E-state index contributed by atoms with van der Waals surface area (Å²) in [4.78, 5) is 27.9. The second kappa shape index (κ2) is 7.93. The van der Waals surface area contributed by atoms with E-state index in [1.807, 2.05) is 42.5 Å². The third-order valence-corrected chi connectivity index (χ3v) is 5.36. The molecule has 29 heavy (non-hydrogen) atoms. The van der Waals surface area contributed by atoms with E-state index < -0.39 is 11.9 Å². The van der Waals surface area contributed by atoms with Crippen LogP contribution in [0, 0.1) is 0 Å². The minimum absolute atomic E-state index is 0.187. The molecule has 3 aromatic carbocycles. The molecule has 0 saturated carbocycles. The number of rotatable bonds is 3. The van der Waals surface area contributed by atoms with Crippen molar-refractivity contribution in [1.82, 2.24) is 0 Å². The number of nitrogens with zero attached hydrogens (tertiary/aromatic N) is 1. The number of carbonyl (C=O) groups is 2. The summed E-state index contributed by atoms with van der Waals surface area (Å²) in [6.45, 7) is 1.33. The number of aliphatic imine (C=N–C) groups is 1. The van der Waals surface area contributed by atoms with E-state index in [4.69, 9.17) is 9.47 Å². The van der Waals surface area contributed by atoms with Gasteiger partial charge in [0.1, 0.15) is 0 Å². The summed E-state index contributed by atoms with van der Waals surface area (Å²) in [7, 11) is 0. The number of halogens is 2. The Labute approximate surface area is 183 Å². The Hall–Kier alpha value is -2.77. The highest BCUT2D eigenvalue weighted by molar-refractivity contribution is 9.11. The van der Waals surface area contributed by atoms with Crippen LogP contribution in [-0.4, -0.2) is 17.8 Å². The van der Waals surface area contributed by atoms with E-state index in [1.54, 1.807) is 18.2 Å². The van der Waals surface area contributed by atoms with Crippen molar-refractivity contribution in [2.24, 2.45) is 4.99 Å². The third-order valence-electron chi connectivity index (χ3n) is 4.19. The number of hydrogen-bond acceptors (Lipinski definition) is 5. The van der Waals surface area contributed by atoms with Gasteiger partial charge in [-0.25, -0.2) is 9.79 Å². The average molecular weight is 515 g/mol. The second-order valence-electron chi connectivity index (χ2n) is 6.31. The van der Waals surface area contributed by atoms with Gasteiger partial charge in [0.25, 0.3) is 0 Å². The van der Waals surface area contributed by atoms with Crippen molar-refractivity contribution >= 4 is 66.5 Å². The lowest BCUT2D eigenvalue weighted by Gasteiger charge is -2.08. The number of fused-ring (bicyclic) bond motifs is 1. The maximum absolute atomic E-state index is 12.3. The van der Waals surface area contributed by atoms with Gasteiger partial charge in [0.05, 0.1) is 8.95 Å². The monoisotopic (exact) mass is 513 g/mol. The zero-order chi connectivity index (χ0) is 20.5. The van der Waals surface area contributed by atoms with Crippen molar-refractivity contribution in [1.29, 1.82) is 0 Å². The minimum Gasteiger partial charge on any atom is -0.424 e. The van der Waals surface area contributed by atoms with Gasteiger partial charge in [-0.05, 0) is 78.5 Å². The van der Waals surface area contributed by atoms with E-state index >= 15 is 0 Å². The van der Waals surface area contributed by atoms with Crippen LogP contribution in [0.4, 0.5) is 0 Å². The van der Waals surface area contributed by atoms with E-state index in [1.165, 1.54) is 6.92 Å². The highest BCUT2D eigenvalue weighted by Gasteiger charge is 2.24. The molecule has 4 rings (SSSR count). The normalized spacial score (nSPS) is 14.8. The molecule has 0 spiro atoms. The highest BCUT2D eigenvalue weighted by atomic mass is 79.9. The van der Waals surface area contributed by atoms with Crippen molar-refractivity contribution in [3.05, 3.63) is 80.4 Å². The molecule has 7 heteroatoms. The third kappa shape index (κ3) is 4.16. The molecule has 3 aromatic rings. The zero-order valence-corrected chi connectivity index (χ0v) is 18.3. The molecule has 0 aromatic heterocycles. The van der Waals surface area contributed by atoms with Crippen LogP contribution in [0.2, 0.25) is 0 Å². The van der Waals surface area contributed by atoms with Gasteiger partial charge in [0.2, 0.25) is 5.90 Å². The first kappa shape index (κ1) is 19.5. The fraction of sp³-hybridized carbons (Fsp3) is 0.0455. The quantitative estimate of drug-likeness (QED) is 0.258. The molecule has 1 aliphatic heterocycles. The molecule has 0 atom stereocenters. The summed E-state index contributed by atoms with van der Waals surface area (Å²) >= 11 is 6.75. The molecule has 144 valence electrons. The van der Waals surface area contributed by atoms with E-state index in [0.717, 1.165) is 16.3 Å².